The van der Waals surface area contributed by atoms with E-state index in [-0.39, 0.29) is 24.4 Å². The lowest BCUT2D eigenvalue weighted by molar-refractivity contribution is -0.135. The van der Waals surface area contributed by atoms with Crippen LogP contribution in [0.3, 0.4) is 0 Å². The van der Waals surface area contributed by atoms with E-state index in [0.717, 1.165) is 10.5 Å². The topological polar surface area (TPSA) is 78.5 Å². The molecule has 2 rings (SSSR count). The molecule has 6 nitrogen and oxygen atoms in total. The van der Waals surface area contributed by atoms with Crippen LogP contribution in [-0.2, 0) is 15.1 Å². The number of rotatable bonds is 5. The first-order valence-corrected chi connectivity index (χ1v) is 8.15. The third-order valence-corrected chi connectivity index (χ3v) is 4.59. The molecule has 1 saturated heterocycles. The Hall–Kier alpha value is -2.37. The molecular formula is C18H25N3O3. The highest BCUT2D eigenvalue weighted by molar-refractivity contribution is 6.09. The highest BCUT2D eigenvalue weighted by atomic mass is 16.2. The van der Waals surface area contributed by atoms with Crippen LogP contribution in [-0.4, -0.2) is 35.3 Å². The van der Waals surface area contributed by atoms with Gasteiger partial charge in [0.2, 0.25) is 5.91 Å². The van der Waals surface area contributed by atoms with Crippen molar-refractivity contribution in [2.45, 2.75) is 46.2 Å². The average Bonchev–Trinajstić information content (AvgIpc) is 2.72. The molecule has 1 aromatic carbocycles. The van der Waals surface area contributed by atoms with Crippen LogP contribution in [0.5, 0.6) is 0 Å². The first-order chi connectivity index (χ1) is 11.1. The zero-order chi connectivity index (χ0) is 18.1. The molecule has 2 atom stereocenters. The Kier molecular flexibility index (Phi) is 4.96. The van der Waals surface area contributed by atoms with Crippen molar-refractivity contribution in [3.63, 3.8) is 0 Å². The van der Waals surface area contributed by atoms with Gasteiger partial charge < -0.3 is 10.6 Å². The number of carbonyl (C=O) groups is 3. The summed E-state index contributed by atoms with van der Waals surface area (Å²) in [7, 11) is 0. The van der Waals surface area contributed by atoms with Crippen molar-refractivity contribution in [1.29, 1.82) is 0 Å². The van der Waals surface area contributed by atoms with Gasteiger partial charge in [-0.2, -0.15) is 0 Å². The maximum absolute atomic E-state index is 12.7. The molecule has 0 saturated carbocycles. The predicted molar refractivity (Wildman–Crippen MR) is 91.2 cm³/mol. The van der Waals surface area contributed by atoms with Gasteiger partial charge >= 0.3 is 6.03 Å². The molecule has 0 bridgehead atoms. The summed E-state index contributed by atoms with van der Waals surface area (Å²) >= 11 is 0. The number of urea groups is 1. The number of imide groups is 1. The van der Waals surface area contributed by atoms with Gasteiger partial charge in [0, 0.05) is 6.04 Å². The van der Waals surface area contributed by atoms with E-state index in [1.54, 1.807) is 6.92 Å². The second kappa shape index (κ2) is 6.63. The normalized spacial score (nSPS) is 21.8. The standard InChI is InChI=1S/C18H25N3O3/c1-11(2)13(4)19-15(22)10-21-16(23)18(5,20-17(21)24)14-8-6-12(3)7-9-14/h6-9,11,13H,10H2,1-5H3,(H,19,22)(H,20,24)/t13-,18+/m1/s1. The minimum atomic E-state index is -1.14. The second-order valence-electron chi connectivity index (χ2n) is 6.91. The van der Waals surface area contributed by atoms with Crippen LogP contribution in [0.1, 0.15) is 38.8 Å². The van der Waals surface area contributed by atoms with Gasteiger partial charge in [0.05, 0.1) is 0 Å². The molecular weight excluding hydrogens is 306 g/mol. The zero-order valence-corrected chi connectivity index (χ0v) is 14.8. The van der Waals surface area contributed by atoms with E-state index in [2.05, 4.69) is 10.6 Å². The Morgan fingerprint density at radius 2 is 1.79 bits per heavy atom. The number of hydrogen-bond acceptors (Lipinski definition) is 3. The van der Waals surface area contributed by atoms with Crippen LogP contribution < -0.4 is 10.6 Å². The first-order valence-electron chi connectivity index (χ1n) is 8.15. The van der Waals surface area contributed by atoms with Crippen molar-refractivity contribution >= 4 is 17.8 Å². The molecule has 0 spiro atoms. The van der Waals surface area contributed by atoms with Gasteiger partial charge in [0.25, 0.3) is 5.91 Å². The largest absolute Gasteiger partial charge is 0.352 e. The monoisotopic (exact) mass is 331 g/mol. The fourth-order valence-corrected chi connectivity index (χ4v) is 2.53. The van der Waals surface area contributed by atoms with Crippen molar-refractivity contribution in [2.24, 2.45) is 5.92 Å². The maximum Gasteiger partial charge on any atom is 0.325 e. The van der Waals surface area contributed by atoms with Crippen LogP contribution in [0.25, 0.3) is 0 Å². The lowest BCUT2D eigenvalue weighted by Crippen LogP contribution is -2.46. The average molecular weight is 331 g/mol. The molecule has 130 valence electrons. The number of benzene rings is 1. The van der Waals surface area contributed by atoms with Gasteiger partial charge in [-0.05, 0) is 32.3 Å². The molecule has 0 radical (unpaired) electrons. The third kappa shape index (κ3) is 3.42. The summed E-state index contributed by atoms with van der Waals surface area (Å²) in [4.78, 5) is 38.0. The van der Waals surface area contributed by atoms with Gasteiger partial charge in [0.15, 0.2) is 0 Å². The molecule has 0 unspecified atom stereocenters. The quantitative estimate of drug-likeness (QED) is 0.809. The smallest absolute Gasteiger partial charge is 0.325 e. The molecule has 0 aliphatic carbocycles. The molecule has 1 heterocycles. The Labute approximate surface area is 142 Å². The summed E-state index contributed by atoms with van der Waals surface area (Å²) in [6, 6.07) is 6.84. The highest BCUT2D eigenvalue weighted by Crippen LogP contribution is 2.28. The van der Waals surface area contributed by atoms with Crippen LogP contribution in [0, 0.1) is 12.8 Å². The lowest BCUT2D eigenvalue weighted by Gasteiger charge is -2.23. The summed E-state index contributed by atoms with van der Waals surface area (Å²) in [5.74, 6) is -0.480. The molecule has 1 aromatic rings. The van der Waals surface area contributed by atoms with E-state index in [1.807, 2.05) is 52.0 Å². The molecule has 6 heteroatoms. The molecule has 24 heavy (non-hydrogen) atoms. The summed E-state index contributed by atoms with van der Waals surface area (Å²) in [5.41, 5.74) is 0.622. The van der Waals surface area contributed by atoms with E-state index < -0.39 is 17.5 Å². The molecule has 2 N–H and O–H groups in total. The number of carbonyl (C=O) groups excluding carboxylic acids is 3. The number of amides is 4. The van der Waals surface area contributed by atoms with Crippen molar-refractivity contribution in [3.05, 3.63) is 35.4 Å². The Morgan fingerprint density at radius 1 is 1.21 bits per heavy atom. The Balaban J connectivity index is 2.14. The van der Waals surface area contributed by atoms with E-state index in [4.69, 9.17) is 0 Å². The summed E-state index contributed by atoms with van der Waals surface area (Å²) < 4.78 is 0. The van der Waals surface area contributed by atoms with Gasteiger partial charge in [-0.15, -0.1) is 0 Å². The van der Waals surface area contributed by atoms with E-state index >= 15 is 0 Å². The molecule has 1 aliphatic heterocycles. The summed E-state index contributed by atoms with van der Waals surface area (Å²) in [6.07, 6.45) is 0. The highest BCUT2D eigenvalue weighted by Gasteiger charge is 2.49. The van der Waals surface area contributed by atoms with Gasteiger partial charge in [-0.3, -0.25) is 14.5 Å². The number of aryl methyl sites for hydroxylation is 1. The Morgan fingerprint density at radius 3 is 2.33 bits per heavy atom. The maximum atomic E-state index is 12.7. The lowest BCUT2D eigenvalue weighted by atomic mass is 9.91. The van der Waals surface area contributed by atoms with Gasteiger partial charge in [-0.1, -0.05) is 43.7 Å². The second-order valence-corrected chi connectivity index (χ2v) is 6.91. The fraction of sp³-hybridized carbons (Fsp3) is 0.500. The van der Waals surface area contributed by atoms with Crippen LogP contribution >= 0.6 is 0 Å². The fourth-order valence-electron chi connectivity index (χ4n) is 2.53. The van der Waals surface area contributed by atoms with Crippen LogP contribution in [0.2, 0.25) is 0 Å². The Bertz CT molecular complexity index is 654. The van der Waals surface area contributed by atoms with Gasteiger partial charge in [0.1, 0.15) is 12.1 Å². The third-order valence-electron chi connectivity index (χ3n) is 4.59. The van der Waals surface area contributed by atoms with Crippen molar-refractivity contribution in [3.8, 4) is 0 Å². The summed E-state index contributed by atoms with van der Waals surface area (Å²) in [5, 5.41) is 5.51. The first kappa shape index (κ1) is 18.0. The van der Waals surface area contributed by atoms with E-state index in [9.17, 15) is 14.4 Å². The molecule has 4 amide bonds. The van der Waals surface area contributed by atoms with Crippen molar-refractivity contribution < 1.29 is 14.4 Å². The van der Waals surface area contributed by atoms with Gasteiger partial charge in [-0.25, -0.2) is 4.79 Å². The minimum Gasteiger partial charge on any atom is -0.352 e. The SMILES string of the molecule is Cc1ccc([C@]2(C)NC(=O)N(CC(=O)N[C@H](C)C(C)C)C2=O)cc1. The number of nitrogens with one attached hydrogen (secondary N) is 2. The predicted octanol–water partition coefficient (Wildman–Crippen LogP) is 1.92. The molecule has 1 aliphatic rings. The van der Waals surface area contributed by atoms with E-state index in [0.29, 0.717) is 5.56 Å². The van der Waals surface area contributed by atoms with E-state index in [1.165, 1.54) is 0 Å². The molecule has 0 aromatic heterocycles. The summed E-state index contributed by atoms with van der Waals surface area (Å²) in [6.45, 7) is 9.22. The van der Waals surface area contributed by atoms with Crippen LogP contribution in [0.4, 0.5) is 4.79 Å². The minimum absolute atomic E-state index is 0.0262. The number of nitrogens with zero attached hydrogens (tertiary/aromatic N) is 1. The zero-order valence-electron chi connectivity index (χ0n) is 14.8. The van der Waals surface area contributed by atoms with Crippen molar-refractivity contribution in [1.82, 2.24) is 15.5 Å². The molecule has 1 fully saturated rings. The number of hydrogen-bond donors (Lipinski definition) is 2. The van der Waals surface area contributed by atoms with Crippen molar-refractivity contribution in [2.75, 3.05) is 6.54 Å². The van der Waals surface area contributed by atoms with Crippen LogP contribution in [0.15, 0.2) is 24.3 Å².